The van der Waals surface area contributed by atoms with Gasteiger partial charge in [-0.2, -0.15) is 12.7 Å². The second kappa shape index (κ2) is 12.3. The predicted octanol–water partition coefficient (Wildman–Crippen LogP) is 3.90. The zero-order valence-corrected chi connectivity index (χ0v) is 25.9. The first-order chi connectivity index (χ1) is 20.7. The molecule has 2 aromatic rings. The number of anilines is 1. The molecule has 6 rings (SSSR count). The molecule has 43 heavy (non-hydrogen) atoms. The number of nitrogen functional groups attached to an aromatic ring is 1. The third-order valence-corrected chi connectivity index (χ3v) is 11.2. The van der Waals surface area contributed by atoms with Crippen LogP contribution in [0.1, 0.15) is 43.2 Å². The number of aromatic nitrogens is 1. The predicted molar refractivity (Wildman–Crippen MR) is 169 cm³/mol. The van der Waals surface area contributed by atoms with E-state index in [0.29, 0.717) is 25.3 Å². The number of hydrogen-bond acceptors (Lipinski definition) is 6. The van der Waals surface area contributed by atoms with Crippen LogP contribution in [0.15, 0.2) is 78.0 Å². The van der Waals surface area contributed by atoms with Gasteiger partial charge in [-0.3, -0.25) is 9.69 Å². The van der Waals surface area contributed by atoms with E-state index in [1.807, 2.05) is 42.5 Å². The highest BCUT2D eigenvalue weighted by Crippen LogP contribution is 2.49. The molecule has 9 nitrogen and oxygen atoms in total. The fourth-order valence-electron chi connectivity index (χ4n) is 7.12. The van der Waals surface area contributed by atoms with E-state index in [1.165, 1.54) is 4.31 Å². The van der Waals surface area contributed by atoms with Crippen molar-refractivity contribution >= 4 is 27.6 Å². The number of piperidine rings is 2. The fraction of sp³-hybridized carbons (Fsp3) is 0.455. The third-order valence-electron chi connectivity index (χ3n) is 9.36. The molecule has 1 atom stereocenters. The summed E-state index contributed by atoms with van der Waals surface area (Å²) in [7, 11) is -0.527. The molecule has 2 saturated heterocycles. The molecule has 3 aliphatic heterocycles. The molecule has 228 valence electrons. The van der Waals surface area contributed by atoms with Gasteiger partial charge in [-0.05, 0) is 85.5 Å². The van der Waals surface area contributed by atoms with Crippen LogP contribution >= 0.6 is 0 Å². The molecular formula is C33H42N6O3S. The van der Waals surface area contributed by atoms with E-state index in [9.17, 15) is 13.2 Å². The van der Waals surface area contributed by atoms with Crippen molar-refractivity contribution in [2.75, 3.05) is 46.0 Å². The molecule has 0 bridgehead atoms. The summed E-state index contributed by atoms with van der Waals surface area (Å²) in [6.07, 6.45) is 12.0. The second-order valence-corrected chi connectivity index (χ2v) is 14.3. The standard InChI is InChI=1S/C33H42N6O3S/c1-36(2)43(41,42)39-29-11-7-6-10-28(29)31(32(39)26-8-4-3-5-9-26)25-15-20-38(21-16-25)33(40)27-13-18-37(19-14-27)23-24-12-17-35-30(34)22-24/h3-10,12,17,22,25,27,29H,11,13-16,18-21,23H2,1-2H3,(H2,34,35). The van der Waals surface area contributed by atoms with Gasteiger partial charge in [0.15, 0.2) is 0 Å². The van der Waals surface area contributed by atoms with Gasteiger partial charge < -0.3 is 10.6 Å². The lowest BCUT2D eigenvalue weighted by Gasteiger charge is -2.38. The van der Waals surface area contributed by atoms with Gasteiger partial charge in [0.05, 0.1) is 11.7 Å². The number of carbonyl (C=O) groups excluding carboxylic acids is 1. The van der Waals surface area contributed by atoms with Gasteiger partial charge in [-0.1, -0.05) is 48.6 Å². The number of hydrogen-bond donors (Lipinski definition) is 1. The number of pyridine rings is 1. The molecule has 1 unspecified atom stereocenters. The van der Waals surface area contributed by atoms with Crippen molar-refractivity contribution < 1.29 is 13.2 Å². The first-order valence-electron chi connectivity index (χ1n) is 15.3. The second-order valence-electron chi connectivity index (χ2n) is 12.3. The van der Waals surface area contributed by atoms with Gasteiger partial charge in [0.25, 0.3) is 0 Å². The van der Waals surface area contributed by atoms with E-state index in [4.69, 9.17) is 5.73 Å². The van der Waals surface area contributed by atoms with Crippen LogP contribution in [0.25, 0.3) is 5.70 Å². The number of allylic oxidation sites excluding steroid dienone is 2. The average Bonchev–Trinajstić information content (AvgIpc) is 3.38. The average molecular weight is 603 g/mol. The van der Waals surface area contributed by atoms with Crippen molar-refractivity contribution in [2.24, 2.45) is 11.8 Å². The van der Waals surface area contributed by atoms with E-state index < -0.39 is 10.2 Å². The lowest BCUT2D eigenvalue weighted by Crippen LogP contribution is -2.45. The summed E-state index contributed by atoms with van der Waals surface area (Å²) < 4.78 is 30.5. The first-order valence-corrected chi connectivity index (χ1v) is 16.7. The van der Waals surface area contributed by atoms with Crippen LogP contribution in [0.2, 0.25) is 0 Å². The van der Waals surface area contributed by atoms with Crippen LogP contribution in [-0.2, 0) is 21.5 Å². The minimum Gasteiger partial charge on any atom is -0.384 e. The van der Waals surface area contributed by atoms with E-state index in [1.54, 1.807) is 24.6 Å². The number of nitrogens with two attached hydrogens (primary N) is 1. The third kappa shape index (κ3) is 5.88. The summed E-state index contributed by atoms with van der Waals surface area (Å²) >= 11 is 0. The number of benzene rings is 1. The minimum absolute atomic E-state index is 0.0529. The molecule has 0 saturated carbocycles. The summed E-state index contributed by atoms with van der Waals surface area (Å²) in [5.74, 6) is 1.03. The zero-order chi connectivity index (χ0) is 30.1. The van der Waals surface area contributed by atoms with E-state index in [0.717, 1.165) is 73.3 Å². The van der Waals surface area contributed by atoms with Crippen molar-refractivity contribution in [3.63, 3.8) is 0 Å². The number of likely N-dealkylation sites (tertiary alicyclic amines) is 2. The molecule has 0 radical (unpaired) electrons. The fourth-order valence-corrected chi connectivity index (χ4v) is 8.42. The normalized spacial score (nSPS) is 22.3. The van der Waals surface area contributed by atoms with Crippen LogP contribution in [0.4, 0.5) is 5.82 Å². The molecule has 2 fully saturated rings. The van der Waals surface area contributed by atoms with Crippen molar-refractivity contribution in [1.82, 2.24) is 23.4 Å². The zero-order valence-electron chi connectivity index (χ0n) is 25.1. The number of nitrogens with zero attached hydrogens (tertiary/aromatic N) is 5. The van der Waals surface area contributed by atoms with E-state index in [2.05, 4.69) is 33.0 Å². The molecule has 2 N–H and O–H groups in total. The summed E-state index contributed by atoms with van der Waals surface area (Å²) in [6, 6.07) is 13.6. The smallest absolute Gasteiger partial charge is 0.304 e. The van der Waals surface area contributed by atoms with Crippen LogP contribution < -0.4 is 5.73 Å². The molecule has 1 amide bonds. The lowest BCUT2D eigenvalue weighted by atomic mass is 9.81. The van der Waals surface area contributed by atoms with Crippen molar-refractivity contribution in [3.8, 4) is 0 Å². The maximum absolute atomic E-state index is 13.8. The van der Waals surface area contributed by atoms with Gasteiger partial charge in [-0.15, -0.1) is 0 Å². The Morgan fingerprint density at radius 2 is 1.74 bits per heavy atom. The number of fused-ring (bicyclic) bond motifs is 1. The quantitative estimate of drug-likeness (QED) is 0.516. The number of rotatable bonds is 7. The maximum atomic E-state index is 13.8. The van der Waals surface area contributed by atoms with E-state index in [-0.39, 0.29) is 23.8 Å². The molecule has 1 aromatic heterocycles. The van der Waals surface area contributed by atoms with E-state index >= 15 is 0 Å². The van der Waals surface area contributed by atoms with Gasteiger partial charge in [-0.25, -0.2) is 9.29 Å². The van der Waals surface area contributed by atoms with Gasteiger partial charge in [0.2, 0.25) is 5.91 Å². The molecule has 4 aliphatic rings. The summed E-state index contributed by atoms with van der Waals surface area (Å²) in [6.45, 7) is 3.99. The van der Waals surface area contributed by atoms with Crippen LogP contribution in [0.5, 0.6) is 0 Å². The highest BCUT2D eigenvalue weighted by molar-refractivity contribution is 7.87. The Hall–Kier alpha value is -3.47. The topological polar surface area (TPSA) is 103 Å². The Balaban J connectivity index is 1.17. The largest absolute Gasteiger partial charge is 0.384 e. The molecule has 4 heterocycles. The van der Waals surface area contributed by atoms with Crippen molar-refractivity contribution in [2.45, 2.75) is 44.7 Å². The Morgan fingerprint density at radius 1 is 1.02 bits per heavy atom. The minimum atomic E-state index is -3.73. The maximum Gasteiger partial charge on any atom is 0.304 e. The molecule has 10 heteroatoms. The van der Waals surface area contributed by atoms with Crippen molar-refractivity contribution in [3.05, 3.63) is 89.2 Å². The Bertz CT molecular complexity index is 1540. The van der Waals surface area contributed by atoms with Gasteiger partial charge in [0, 0.05) is 45.8 Å². The molecular weight excluding hydrogens is 560 g/mol. The van der Waals surface area contributed by atoms with Crippen LogP contribution in [0, 0.1) is 11.8 Å². The Kier molecular flexibility index (Phi) is 8.44. The number of carbonyl (C=O) groups is 1. The molecule has 1 aromatic carbocycles. The Labute approximate surface area is 255 Å². The van der Waals surface area contributed by atoms with Crippen LogP contribution in [0.3, 0.4) is 0 Å². The van der Waals surface area contributed by atoms with Gasteiger partial charge in [0.1, 0.15) is 5.82 Å². The molecule has 1 aliphatic carbocycles. The SMILES string of the molecule is CN(C)S(=O)(=O)N1C(c2ccccc2)=C(C2CCN(C(=O)C3CCN(Cc4ccnc(N)c4)CC3)CC2)C2=CC=CCC21. The molecule has 0 spiro atoms. The summed E-state index contributed by atoms with van der Waals surface area (Å²) in [5.41, 5.74) is 10.9. The summed E-state index contributed by atoms with van der Waals surface area (Å²) in [5, 5.41) is 0. The highest BCUT2D eigenvalue weighted by Gasteiger charge is 2.46. The Morgan fingerprint density at radius 3 is 2.42 bits per heavy atom. The first kappa shape index (κ1) is 29.6. The van der Waals surface area contributed by atoms with Gasteiger partial charge >= 0.3 is 10.2 Å². The monoisotopic (exact) mass is 602 g/mol. The lowest BCUT2D eigenvalue weighted by molar-refractivity contribution is -0.138. The highest BCUT2D eigenvalue weighted by atomic mass is 32.2. The summed E-state index contributed by atoms with van der Waals surface area (Å²) in [4.78, 5) is 22.1. The van der Waals surface area contributed by atoms with Crippen LogP contribution in [-0.4, -0.2) is 84.0 Å². The number of amides is 1. The van der Waals surface area contributed by atoms with Crippen molar-refractivity contribution in [1.29, 1.82) is 0 Å².